The van der Waals surface area contributed by atoms with Gasteiger partial charge < -0.3 is 15.8 Å². The number of anilines is 1. The number of carbonyl (C=O) groups excluding carboxylic acids is 1. The van der Waals surface area contributed by atoms with Crippen molar-refractivity contribution in [2.24, 2.45) is 5.92 Å². The highest BCUT2D eigenvalue weighted by Gasteiger charge is 2.11. The Balaban J connectivity index is 2.50. The Morgan fingerprint density at radius 1 is 1.39 bits per heavy atom. The lowest BCUT2D eigenvalue weighted by molar-refractivity contribution is -0.124. The molecule has 100 valence electrons. The van der Waals surface area contributed by atoms with Crippen LogP contribution in [0.2, 0.25) is 0 Å². The van der Waals surface area contributed by atoms with E-state index in [0.717, 1.165) is 5.56 Å². The van der Waals surface area contributed by atoms with Gasteiger partial charge in [-0.3, -0.25) is 4.79 Å². The Morgan fingerprint density at radius 3 is 2.67 bits per heavy atom. The first kappa shape index (κ1) is 14.4. The number of hydrogen-bond donors (Lipinski definition) is 2. The van der Waals surface area contributed by atoms with Gasteiger partial charge in [0.1, 0.15) is 5.75 Å². The van der Waals surface area contributed by atoms with E-state index in [1.54, 1.807) is 0 Å². The van der Waals surface area contributed by atoms with Crippen molar-refractivity contribution in [1.29, 1.82) is 0 Å². The van der Waals surface area contributed by atoms with Gasteiger partial charge in [-0.2, -0.15) is 0 Å². The summed E-state index contributed by atoms with van der Waals surface area (Å²) in [6.45, 7) is 8.00. The van der Waals surface area contributed by atoms with Gasteiger partial charge in [0.05, 0.1) is 0 Å². The van der Waals surface area contributed by atoms with Crippen molar-refractivity contribution in [1.82, 2.24) is 5.32 Å². The third-order valence-electron chi connectivity index (χ3n) is 3.07. The number of carbonyl (C=O) groups is 1. The van der Waals surface area contributed by atoms with E-state index < -0.39 is 0 Å². The van der Waals surface area contributed by atoms with E-state index in [1.165, 1.54) is 0 Å². The predicted octanol–water partition coefficient (Wildman–Crippen LogP) is 2.12. The van der Waals surface area contributed by atoms with Crippen molar-refractivity contribution >= 4 is 11.6 Å². The van der Waals surface area contributed by atoms with Gasteiger partial charge in [0.25, 0.3) is 5.91 Å². The molecule has 4 heteroatoms. The van der Waals surface area contributed by atoms with Crippen LogP contribution in [-0.4, -0.2) is 18.6 Å². The Morgan fingerprint density at radius 2 is 2.06 bits per heavy atom. The van der Waals surface area contributed by atoms with Gasteiger partial charge in [-0.15, -0.1) is 0 Å². The number of amides is 1. The normalized spacial score (nSPS) is 12.3. The van der Waals surface area contributed by atoms with Crippen LogP contribution >= 0.6 is 0 Å². The molecule has 0 fully saturated rings. The number of ether oxygens (including phenoxy) is 1. The van der Waals surface area contributed by atoms with Crippen molar-refractivity contribution in [3.05, 3.63) is 23.8 Å². The van der Waals surface area contributed by atoms with Crippen molar-refractivity contribution in [2.75, 3.05) is 12.3 Å². The molecule has 1 aromatic rings. The maximum absolute atomic E-state index is 11.7. The van der Waals surface area contributed by atoms with Crippen molar-refractivity contribution in [2.45, 2.75) is 33.7 Å². The second-order valence-corrected chi connectivity index (χ2v) is 4.86. The van der Waals surface area contributed by atoms with Crippen LogP contribution in [0.1, 0.15) is 26.3 Å². The SMILES string of the molecule is Cc1c(N)cccc1OCC(=O)NC(C)C(C)C. The Labute approximate surface area is 109 Å². The quantitative estimate of drug-likeness (QED) is 0.787. The summed E-state index contributed by atoms with van der Waals surface area (Å²) in [5.74, 6) is 0.948. The average Bonchev–Trinajstić information content (AvgIpc) is 2.31. The first-order valence-electron chi connectivity index (χ1n) is 6.19. The monoisotopic (exact) mass is 250 g/mol. The highest BCUT2D eigenvalue weighted by molar-refractivity contribution is 5.78. The second kappa shape index (κ2) is 6.28. The molecule has 3 N–H and O–H groups in total. The number of hydrogen-bond acceptors (Lipinski definition) is 3. The molecule has 4 nitrogen and oxygen atoms in total. The van der Waals surface area contributed by atoms with Gasteiger partial charge in [0, 0.05) is 17.3 Å². The summed E-state index contributed by atoms with van der Waals surface area (Å²) in [6, 6.07) is 5.57. The van der Waals surface area contributed by atoms with Crippen LogP contribution in [0.15, 0.2) is 18.2 Å². The van der Waals surface area contributed by atoms with Crippen molar-refractivity contribution < 1.29 is 9.53 Å². The fourth-order valence-corrected chi connectivity index (χ4v) is 1.39. The highest BCUT2D eigenvalue weighted by atomic mass is 16.5. The molecule has 1 unspecified atom stereocenters. The van der Waals surface area contributed by atoms with Crippen LogP contribution < -0.4 is 15.8 Å². The van der Waals surface area contributed by atoms with Crippen LogP contribution in [-0.2, 0) is 4.79 Å². The predicted molar refractivity (Wildman–Crippen MR) is 73.5 cm³/mol. The maximum Gasteiger partial charge on any atom is 0.258 e. The maximum atomic E-state index is 11.7. The molecule has 0 heterocycles. The standard InChI is InChI=1S/C14H22N2O2/c1-9(2)11(4)16-14(17)8-18-13-7-5-6-12(15)10(13)3/h5-7,9,11H,8,15H2,1-4H3,(H,16,17). The lowest BCUT2D eigenvalue weighted by Crippen LogP contribution is -2.39. The van der Waals surface area contributed by atoms with Crippen LogP contribution in [0, 0.1) is 12.8 Å². The first-order chi connectivity index (χ1) is 8.41. The molecule has 1 aromatic carbocycles. The van der Waals surface area contributed by atoms with E-state index in [1.807, 2.05) is 32.0 Å². The summed E-state index contributed by atoms with van der Waals surface area (Å²) in [4.78, 5) is 11.7. The summed E-state index contributed by atoms with van der Waals surface area (Å²) >= 11 is 0. The summed E-state index contributed by atoms with van der Waals surface area (Å²) in [6.07, 6.45) is 0. The van der Waals surface area contributed by atoms with Gasteiger partial charge in [-0.25, -0.2) is 0 Å². The minimum atomic E-state index is -0.113. The third-order valence-corrected chi connectivity index (χ3v) is 3.07. The molecule has 0 radical (unpaired) electrons. The van der Waals surface area contributed by atoms with Crippen molar-refractivity contribution in [3.63, 3.8) is 0 Å². The molecule has 1 amide bonds. The summed E-state index contributed by atoms with van der Waals surface area (Å²) < 4.78 is 5.47. The topological polar surface area (TPSA) is 64.3 Å². The van der Waals surface area contributed by atoms with Crippen LogP contribution in [0.5, 0.6) is 5.75 Å². The van der Waals surface area contributed by atoms with Gasteiger partial charge in [0.2, 0.25) is 0 Å². The van der Waals surface area contributed by atoms with E-state index in [9.17, 15) is 4.79 Å². The molecule has 0 bridgehead atoms. The fraction of sp³-hybridized carbons (Fsp3) is 0.500. The average molecular weight is 250 g/mol. The minimum Gasteiger partial charge on any atom is -0.483 e. The lowest BCUT2D eigenvalue weighted by atomic mass is 10.1. The minimum absolute atomic E-state index is 0.0152. The van der Waals surface area contributed by atoms with Gasteiger partial charge in [-0.05, 0) is 31.9 Å². The second-order valence-electron chi connectivity index (χ2n) is 4.86. The molecule has 0 saturated carbocycles. The van der Waals surface area contributed by atoms with E-state index in [0.29, 0.717) is 17.4 Å². The Kier molecular flexibility index (Phi) is 5.01. The fourth-order valence-electron chi connectivity index (χ4n) is 1.39. The zero-order chi connectivity index (χ0) is 13.7. The molecule has 0 aromatic heterocycles. The number of nitrogens with two attached hydrogens (primary N) is 1. The number of rotatable bonds is 5. The van der Waals surface area contributed by atoms with Crippen molar-refractivity contribution in [3.8, 4) is 5.75 Å². The van der Waals surface area contributed by atoms with Gasteiger partial charge in [0.15, 0.2) is 6.61 Å². The lowest BCUT2D eigenvalue weighted by Gasteiger charge is -2.18. The van der Waals surface area contributed by atoms with E-state index in [4.69, 9.17) is 10.5 Å². The molecular weight excluding hydrogens is 228 g/mol. The number of nitrogens with one attached hydrogen (secondary N) is 1. The number of benzene rings is 1. The van der Waals surface area contributed by atoms with Crippen LogP contribution in [0.3, 0.4) is 0 Å². The van der Waals surface area contributed by atoms with E-state index >= 15 is 0 Å². The smallest absolute Gasteiger partial charge is 0.258 e. The molecule has 0 aliphatic carbocycles. The summed E-state index contributed by atoms with van der Waals surface area (Å²) in [7, 11) is 0. The molecule has 0 aliphatic rings. The first-order valence-corrected chi connectivity index (χ1v) is 6.19. The molecule has 1 atom stereocenters. The number of nitrogen functional groups attached to an aromatic ring is 1. The van der Waals surface area contributed by atoms with E-state index in [-0.39, 0.29) is 18.6 Å². The molecule has 0 aliphatic heterocycles. The van der Waals surface area contributed by atoms with Gasteiger partial charge >= 0.3 is 0 Å². The van der Waals surface area contributed by atoms with Crippen LogP contribution in [0.25, 0.3) is 0 Å². The molecule has 0 saturated heterocycles. The molecule has 18 heavy (non-hydrogen) atoms. The Hall–Kier alpha value is -1.71. The zero-order valence-corrected chi connectivity index (χ0v) is 11.5. The van der Waals surface area contributed by atoms with Crippen LogP contribution in [0.4, 0.5) is 5.69 Å². The third kappa shape index (κ3) is 3.95. The largest absolute Gasteiger partial charge is 0.483 e. The molecule has 1 rings (SSSR count). The van der Waals surface area contributed by atoms with Gasteiger partial charge in [-0.1, -0.05) is 19.9 Å². The summed E-state index contributed by atoms with van der Waals surface area (Å²) in [5.41, 5.74) is 7.30. The molecule has 0 spiro atoms. The highest BCUT2D eigenvalue weighted by Crippen LogP contribution is 2.22. The molecular formula is C14H22N2O2. The zero-order valence-electron chi connectivity index (χ0n) is 11.5. The van der Waals surface area contributed by atoms with E-state index in [2.05, 4.69) is 19.2 Å². The summed E-state index contributed by atoms with van der Waals surface area (Å²) in [5, 5.41) is 2.89. The Bertz CT molecular complexity index is 416.